The molecule has 1 unspecified atom stereocenters. The number of nitrogens with one attached hydrogen (secondary N) is 2. The van der Waals surface area contributed by atoms with Crippen molar-refractivity contribution in [3.05, 3.63) is 69.4 Å². The molecule has 0 amide bonds. The standard InChI is InChI=1S/C20H23ClFN5OS/c1-2-23-20(25-13-17(28)18-7-8-19(21)29-18)24-11-9-15-10-12-27(26-15)16-5-3-14(22)4-6-16/h3-8,10,12,17,28H,2,9,11,13H2,1H3,(H2,23,24,25). The summed E-state index contributed by atoms with van der Waals surface area (Å²) in [6.07, 6.45) is 1.86. The number of benzene rings is 1. The molecule has 0 aliphatic heterocycles. The molecule has 9 heteroatoms. The van der Waals surface area contributed by atoms with Crippen molar-refractivity contribution < 1.29 is 9.50 Å². The summed E-state index contributed by atoms with van der Waals surface area (Å²) in [4.78, 5) is 5.23. The van der Waals surface area contributed by atoms with E-state index in [1.54, 1.807) is 22.9 Å². The number of nitrogens with zero attached hydrogens (tertiary/aromatic N) is 3. The van der Waals surface area contributed by atoms with Gasteiger partial charge in [-0.05, 0) is 49.4 Å². The predicted octanol–water partition coefficient (Wildman–Crippen LogP) is 3.56. The molecule has 2 heterocycles. The number of aliphatic hydroxyl groups excluding tert-OH is 1. The monoisotopic (exact) mass is 435 g/mol. The summed E-state index contributed by atoms with van der Waals surface area (Å²) in [5.74, 6) is 0.361. The molecule has 1 atom stereocenters. The summed E-state index contributed by atoms with van der Waals surface area (Å²) in [5.41, 5.74) is 1.72. The smallest absolute Gasteiger partial charge is 0.191 e. The van der Waals surface area contributed by atoms with Gasteiger partial charge in [-0.2, -0.15) is 5.10 Å². The third-order valence-electron chi connectivity index (χ3n) is 4.10. The Morgan fingerprint density at radius 1 is 1.24 bits per heavy atom. The molecule has 0 aliphatic carbocycles. The van der Waals surface area contributed by atoms with E-state index in [1.165, 1.54) is 23.5 Å². The van der Waals surface area contributed by atoms with Crippen LogP contribution >= 0.6 is 22.9 Å². The van der Waals surface area contributed by atoms with Crippen LogP contribution in [0.1, 0.15) is 23.6 Å². The molecule has 3 aromatic rings. The van der Waals surface area contributed by atoms with E-state index in [0.717, 1.165) is 16.3 Å². The highest BCUT2D eigenvalue weighted by Gasteiger charge is 2.10. The fourth-order valence-corrected chi connectivity index (χ4v) is 3.70. The molecule has 3 rings (SSSR count). The molecule has 1 aromatic carbocycles. The van der Waals surface area contributed by atoms with Gasteiger partial charge < -0.3 is 15.7 Å². The topological polar surface area (TPSA) is 74.5 Å². The average Bonchev–Trinajstić information content (AvgIpc) is 3.36. The lowest BCUT2D eigenvalue weighted by molar-refractivity contribution is 0.191. The van der Waals surface area contributed by atoms with Crippen molar-refractivity contribution in [3.8, 4) is 5.69 Å². The number of guanidine groups is 1. The van der Waals surface area contributed by atoms with E-state index >= 15 is 0 Å². The van der Waals surface area contributed by atoms with E-state index in [2.05, 4.69) is 20.7 Å². The van der Waals surface area contributed by atoms with Crippen LogP contribution in [0.15, 0.2) is 53.7 Å². The maximum atomic E-state index is 13.0. The Morgan fingerprint density at radius 3 is 2.72 bits per heavy atom. The molecule has 0 radical (unpaired) electrons. The van der Waals surface area contributed by atoms with Crippen molar-refractivity contribution in [3.63, 3.8) is 0 Å². The molecule has 3 N–H and O–H groups in total. The second-order valence-electron chi connectivity index (χ2n) is 6.28. The lowest BCUT2D eigenvalue weighted by atomic mass is 10.3. The summed E-state index contributed by atoms with van der Waals surface area (Å²) in [7, 11) is 0. The van der Waals surface area contributed by atoms with Crippen molar-refractivity contribution >= 4 is 28.9 Å². The van der Waals surface area contributed by atoms with Gasteiger partial charge >= 0.3 is 0 Å². The van der Waals surface area contributed by atoms with Crippen LogP contribution in [0.4, 0.5) is 4.39 Å². The number of hydrogen-bond donors (Lipinski definition) is 3. The Balaban J connectivity index is 1.52. The van der Waals surface area contributed by atoms with Gasteiger partial charge in [0.2, 0.25) is 0 Å². The Kier molecular flexibility index (Phi) is 7.62. The number of aliphatic hydroxyl groups is 1. The molecule has 0 aliphatic rings. The minimum atomic E-state index is -0.686. The number of hydrogen-bond acceptors (Lipinski definition) is 4. The van der Waals surface area contributed by atoms with Gasteiger partial charge in [0.05, 0.1) is 22.3 Å². The van der Waals surface area contributed by atoms with Crippen molar-refractivity contribution in [1.82, 2.24) is 20.4 Å². The first kappa shape index (κ1) is 21.3. The van der Waals surface area contributed by atoms with E-state index < -0.39 is 6.10 Å². The zero-order valence-corrected chi connectivity index (χ0v) is 17.6. The average molecular weight is 436 g/mol. The van der Waals surface area contributed by atoms with E-state index in [0.29, 0.717) is 29.8 Å². The molecule has 0 fully saturated rings. The van der Waals surface area contributed by atoms with Crippen LogP contribution in [-0.2, 0) is 6.42 Å². The Labute approximate surface area is 178 Å². The SMILES string of the molecule is CCNC(=NCC(O)c1ccc(Cl)s1)NCCc1ccn(-c2ccc(F)cc2)n1. The predicted molar refractivity (Wildman–Crippen MR) is 115 cm³/mol. The minimum Gasteiger partial charge on any atom is -0.386 e. The zero-order chi connectivity index (χ0) is 20.6. The van der Waals surface area contributed by atoms with Crippen LogP contribution in [0.3, 0.4) is 0 Å². The molecule has 6 nitrogen and oxygen atoms in total. The molecule has 2 aromatic heterocycles. The first-order valence-corrected chi connectivity index (χ1v) is 10.5. The van der Waals surface area contributed by atoms with Gasteiger partial charge in [0.25, 0.3) is 0 Å². The summed E-state index contributed by atoms with van der Waals surface area (Å²) in [5, 5.41) is 21.2. The molecule has 29 heavy (non-hydrogen) atoms. The molecule has 0 saturated heterocycles. The Hall–Kier alpha value is -2.42. The second kappa shape index (κ2) is 10.4. The largest absolute Gasteiger partial charge is 0.386 e. The summed E-state index contributed by atoms with van der Waals surface area (Å²) in [6.45, 7) is 3.57. The van der Waals surface area contributed by atoms with Crippen LogP contribution in [0.25, 0.3) is 5.69 Å². The maximum absolute atomic E-state index is 13.0. The molecule has 0 spiro atoms. The first-order valence-electron chi connectivity index (χ1n) is 9.31. The van der Waals surface area contributed by atoms with Gasteiger partial charge in [-0.3, -0.25) is 4.99 Å². The quantitative estimate of drug-likeness (QED) is 0.373. The van der Waals surface area contributed by atoms with Crippen molar-refractivity contribution in [2.45, 2.75) is 19.4 Å². The van der Waals surface area contributed by atoms with Crippen LogP contribution in [-0.4, -0.2) is 40.5 Å². The fourth-order valence-electron chi connectivity index (χ4n) is 2.66. The van der Waals surface area contributed by atoms with Crippen molar-refractivity contribution in [2.24, 2.45) is 4.99 Å². The van der Waals surface area contributed by atoms with E-state index in [9.17, 15) is 9.50 Å². The Morgan fingerprint density at radius 2 is 2.03 bits per heavy atom. The number of aliphatic imine (C=N–C) groups is 1. The second-order valence-corrected chi connectivity index (χ2v) is 8.03. The normalized spacial score (nSPS) is 12.8. The van der Waals surface area contributed by atoms with Gasteiger partial charge in [0.1, 0.15) is 11.9 Å². The maximum Gasteiger partial charge on any atom is 0.191 e. The lowest BCUT2D eigenvalue weighted by Crippen LogP contribution is -2.38. The van der Waals surface area contributed by atoms with Crippen molar-refractivity contribution in [2.75, 3.05) is 19.6 Å². The Bertz CT molecular complexity index is 941. The fraction of sp³-hybridized carbons (Fsp3) is 0.300. The molecular weight excluding hydrogens is 413 g/mol. The van der Waals surface area contributed by atoms with E-state index in [1.807, 2.05) is 25.3 Å². The highest BCUT2D eigenvalue weighted by Crippen LogP contribution is 2.26. The summed E-state index contributed by atoms with van der Waals surface area (Å²) in [6, 6.07) is 11.7. The summed E-state index contributed by atoms with van der Waals surface area (Å²) < 4.78 is 15.4. The number of rotatable bonds is 8. The third kappa shape index (κ3) is 6.28. The van der Waals surface area contributed by atoms with Crippen LogP contribution in [0.5, 0.6) is 0 Å². The van der Waals surface area contributed by atoms with Gasteiger partial charge in [0.15, 0.2) is 5.96 Å². The number of thiophene rings is 1. The van der Waals surface area contributed by atoms with Crippen LogP contribution in [0.2, 0.25) is 4.34 Å². The van der Waals surface area contributed by atoms with Crippen LogP contribution in [0, 0.1) is 5.82 Å². The number of aromatic nitrogens is 2. The first-order chi connectivity index (χ1) is 14.0. The molecule has 0 bridgehead atoms. The zero-order valence-electron chi connectivity index (χ0n) is 16.0. The van der Waals surface area contributed by atoms with Crippen LogP contribution < -0.4 is 10.6 Å². The van der Waals surface area contributed by atoms with Gasteiger partial charge in [-0.15, -0.1) is 11.3 Å². The van der Waals surface area contributed by atoms with Gasteiger partial charge in [-0.1, -0.05) is 11.6 Å². The summed E-state index contributed by atoms with van der Waals surface area (Å²) >= 11 is 7.27. The highest BCUT2D eigenvalue weighted by molar-refractivity contribution is 7.16. The molecule has 0 saturated carbocycles. The molecule has 154 valence electrons. The third-order valence-corrected chi connectivity index (χ3v) is 5.43. The van der Waals surface area contributed by atoms with E-state index in [-0.39, 0.29) is 12.4 Å². The van der Waals surface area contributed by atoms with Gasteiger partial charge in [0, 0.05) is 30.6 Å². The van der Waals surface area contributed by atoms with Gasteiger partial charge in [-0.25, -0.2) is 9.07 Å². The lowest BCUT2D eigenvalue weighted by Gasteiger charge is -2.12. The molecular formula is C20H23ClFN5OS. The number of halogens is 2. The van der Waals surface area contributed by atoms with Crippen molar-refractivity contribution in [1.29, 1.82) is 0 Å². The minimum absolute atomic E-state index is 0.241. The highest BCUT2D eigenvalue weighted by atomic mass is 35.5. The van der Waals surface area contributed by atoms with E-state index in [4.69, 9.17) is 11.6 Å².